The van der Waals surface area contributed by atoms with E-state index in [1.165, 1.54) is 17.1 Å². The zero-order valence-electron chi connectivity index (χ0n) is 24.2. The van der Waals surface area contributed by atoms with Crippen LogP contribution in [0.1, 0.15) is 18.9 Å². The lowest BCUT2D eigenvalue weighted by atomic mass is 10.1. The van der Waals surface area contributed by atoms with Crippen LogP contribution < -0.4 is 20.4 Å². The topological polar surface area (TPSA) is 155 Å². The van der Waals surface area contributed by atoms with Crippen LogP contribution in [0.2, 0.25) is 0 Å². The molecular weight excluding hydrogens is 568 g/mol. The lowest BCUT2D eigenvalue weighted by Gasteiger charge is -2.26. The van der Waals surface area contributed by atoms with E-state index in [0.717, 1.165) is 10.5 Å². The quantitative estimate of drug-likeness (QED) is 0.199. The van der Waals surface area contributed by atoms with Gasteiger partial charge in [0.05, 0.1) is 30.9 Å². The Morgan fingerprint density at radius 3 is 2.41 bits per heavy atom. The van der Waals surface area contributed by atoms with E-state index in [4.69, 9.17) is 9.47 Å². The minimum Gasteiger partial charge on any atom is -0.433 e. The Morgan fingerprint density at radius 2 is 1.75 bits per heavy atom. The number of carbonyl (C=O) groups excluding carboxylic acids is 5. The normalized spacial score (nSPS) is 19.9. The van der Waals surface area contributed by atoms with E-state index >= 15 is 0 Å². The number of fused-ring (bicyclic) bond motifs is 1. The number of allylic oxidation sites excluding steroid dienone is 2. The summed E-state index contributed by atoms with van der Waals surface area (Å²) in [7, 11) is 0. The molecule has 0 saturated carbocycles. The highest BCUT2D eigenvalue weighted by molar-refractivity contribution is 6.11. The van der Waals surface area contributed by atoms with Gasteiger partial charge < -0.3 is 30.1 Å². The molecule has 1 saturated heterocycles. The minimum atomic E-state index is -1.30. The molecule has 0 radical (unpaired) electrons. The van der Waals surface area contributed by atoms with Gasteiger partial charge in [-0.15, -0.1) is 0 Å². The highest BCUT2D eigenvalue weighted by atomic mass is 16.7. The number of hydrogen-bond acceptors (Lipinski definition) is 8. The average molecular weight is 603 g/mol. The van der Waals surface area contributed by atoms with Crippen LogP contribution in [0, 0.1) is 0 Å². The van der Waals surface area contributed by atoms with E-state index in [0.29, 0.717) is 5.57 Å². The molecule has 2 aromatic rings. The zero-order valence-corrected chi connectivity index (χ0v) is 24.2. The molecule has 0 spiro atoms. The van der Waals surface area contributed by atoms with Crippen LogP contribution in [0.15, 0.2) is 91.1 Å². The molecule has 3 N–H and O–H groups in total. The number of rotatable bonds is 11. The summed E-state index contributed by atoms with van der Waals surface area (Å²) >= 11 is 0. The van der Waals surface area contributed by atoms with Gasteiger partial charge in [0.15, 0.2) is 0 Å². The summed E-state index contributed by atoms with van der Waals surface area (Å²) in [6.45, 7) is 7.55. The summed E-state index contributed by atoms with van der Waals surface area (Å²) in [5, 5.41) is 15.0. The van der Waals surface area contributed by atoms with E-state index in [1.807, 2.05) is 30.3 Å². The number of para-hydroxylation sites is 2. The summed E-state index contributed by atoms with van der Waals surface area (Å²) in [6.07, 6.45) is 1.62. The largest absolute Gasteiger partial charge is 0.433 e. The first-order valence-corrected chi connectivity index (χ1v) is 13.9. The number of ether oxygens (including phenoxy) is 2. The Bertz CT molecular complexity index is 1490. The van der Waals surface area contributed by atoms with Gasteiger partial charge in [-0.25, -0.2) is 0 Å². The van der Waals surface area contributed by atoms with Crippen molar-refractivity contribution in [2.24, 2.45) is 0 Å². The Hall–Kier alpha value is -5.07. The molecule has 12 heteroatoms. The molecule has 2 aromatic carbocycles. The molecule has 0 aliphatic carbocycles. The summed E-state index contributed by atoms with van der Waals surface area (Å²) in [5.74, 6) is -3.22. The second kappa shape index (κ2) is 14.4. The highest BCUT2D eigenvalue weighted by Gasteiger charge is 2.40. The lowest BCUT2D eigenvalue weighted by molar-refractivity contribution is -0.168. The Morgan fingerprint density at radius 1 is 1.07 bits per heavy atom. The second-order valence-electron chi connectivity index (χ2n) is 10.3. The third kappa shape index (κ3) is 7.65. The van der Waals surface area contributed by atoms with Crippen molar-refractivity contribution in [3.63, 3.8) is 0 Å². The van der Waals surface area contributed by atoms with Crippen molar-refractivity contribution < 1.29 is 38.6 Å². The summed E-state index contributed by atoms with van der Waals surface area (Å²) < 4.78 is 11.0. The molecule has 44 heavy (non-hydrogen) atoms. The standard InChI is InChI=1S/C32H34N4O8/c1-4-22(14-20(2)3)30(41)34-24-16-35(28(39)18-37)25-12-8-9-13-26(25)36(31(24)42)17-27(38)33-23-15-29(40)44-32(23)43-19-21-10-6-5-7-11-21/h4-14,23-24,32,37H,1-2,15-19H2,3H3,(H,33,38)(H,34,41)/b22-14+/t23-,24-,32?/m0/s1. The fourth-order valence-electron chi connectivity index (χ4n) is 4.86. The average Bonchev–Trinajstić information content (AvgIpc) is 3.32. The van der Waals surface area contributed by atoms with Crippen molar-refractivity contribution in [3.05, 3.63) is 96.6 Å². The molecule has 1 unspecified atom stereocenters. The predicted molar refractivity (Wildman–Crippen MR) is 161 cm³/mol. The predicted octanol–water partition coefficient (Wildman–Crippen LogP) is 1.51. The number of aliphatic hydroxyl groups excluding tert-OH is 1. The molecule has 3 atom stereocenters. The molecule has 4 rings (SSSR count). The Balaban J connectivity index is 1.58. The van der Waals surface area contributed by atoms with E-state index in [1.54, 1.807) is 31.2 Å². The van der Waals surface area contributed by atoms with E-state index in [9.17, 15) is 29.1 Å². The number of hydrogen-bond donors (Lipinski definition) is 3. The van der Waals surface area contributed by atoms with Crippen molar-refractivity contribution >= 4 is 41.0 Å². The van der Waals surface area contributed by atoms with E-state index in [-0.39, 0.29) is 36.5 Å². The van der Waals surface area contributed by atoms with Crippen molar-refractivity contribution in [1.82, 2.24) is 10.6 Å². The van der Waals surface area contributed by atoms with Gasteiger partial charge in [0.25, 0.3) is 17.7 Å². The Kier molecular flexibility index (Phi) is 10.4. The molecule has 230 valence electrons. The number of anilines is 2. The van der Waals surface area contributed by atoms with Gasteiger partial charge >= 0.3 is 5.97 Å². The third-order valence-electron chi connectivity index (χ3n) is 6.89. The fraction of sp³-hybridized carbons (Fsp3) is 0.281. The number of amides is 4. The molecule has 4 amide bonds. The molecule has 2 heterocycles. The van der Waals surface area contributed by atoms with Crippen LogP contribution in [0.4, 0.5) is 11.4 Å². The third-order valence-corrected chi connectivity index (χ3v) is 6.89. The Labute approximate surface area is 254 Å². The van der Waals surface area contributed by atoms with Crippen LogP contribution in [0.3, 0.4) is 0 Å². The van der Waals surface area contributed by atoms with Crippen LogP contribution in [0.5, 0.6) is 0 Å². The van der Waals surface area contributed by atoms with Crippen LogP contribution in [-0.4, -0.2) is 72.8 Å². The van der Waals surface area contributed by atoms with Gasteiger partial charge in [-0.3, -0.25) is 28.9 Å². The first-order valence-electron chi connectivity index (χ1n) is 13.9. The van der Waals surface area contributed by atoms with Crippen molar-refractivity contribution in [2.45, 2.75) is 38.3 Å². The second-order valence-corrected chi connectivity index (χ2v) is 10.3. The molecule has 2 aliphatic heterocycles. The van der Waals surface area contributed by atoms with Gasteiger partial charge in [0.1, 0.15) is 25.2 Å². The fourth-order valence-corrected chi connectivity index (χ4v) is 4.86. The highest BCUT2D eigenvalue weighted by Crippen LogP contribution is 2.33. The number of nitrogens with zero attached hydrogens (tertiary/aromatic N) is 2. The monoisotopic (exact) mass is 602 g/mol. The van der Waals surface area contributed by atoms with Gasteiger partial charge in [0, 0.05) is 5.57 Å². The number of cyclic esters (lactones) is 1. The van der Waals surface area contributed by atoms with Gasteiger partial charge in [-0.1, -0.05) is 67.3 Å². The first-order chi connectivity index (χ1) is 21.1. The minimum absolute atomic E-state index is 0.132. The van der Waals surface area contributed by atoms with Crippen molar-refractivity contribution in [1.29, 1.82) is 0 Å². The number of nitrogens with one attached hydrogen (secondary N) is 2. The summed E-state index contributed by atoms with van der Waals surface area (Å²) in [4.78, 5) is 67.6. The maximum Gasteiger partial charge on any atom is 0.310 e. The zero-order chi connectivity index (χ0) is 31.8. The maximum absolute atomic E-state index is 13.9. The molecule has 0 aromatic heterocycles. The summed E-state index contributed by atoms with van der Waals surface area (Å²) in [6, 6.07) is 13.5. The van der Waals surface area contributed by atoms with Crippen molar-refractivity contribution in [3.8, 4) is 0 Å². The summed E-state index contributed by atoms with van der Waals surface area (Å²) in [5.41, 5.74) is 2.03. The molecule has 0 bridgehead atoms. The van der Waals surface area contributed by atoms with Gasteiger partial charge in [0.2, 0.25) is 12.2 Å². The van der Waals surface area contributed by atoms with Crippen LogP contribution in [0.25, 0.3) is 0 Å². The SMILES string of the molecule is C=C/C(=C\C(=C)C)C(=O)N[C@H]1CN(C(=O)CO)c2ccccc2N(CC(=O)N[C@H]2CC(=O)OC2OCc2ccccc2)C1=O. The first kappa shape index (κ1) is 31.9. The molecule has 2 aliphatic rings. The molecule has 1 fully saturated rings. The molecular formula is C32H34N4O8. The number of esters is 1. The smallest absolute Gasteiger partial charge is 0.310 e. The van der Waals surface area contributed by atoms with Crippen LogP contribution in [-0.2, 0) is 40.1 Å². The van der Waals surface area contributed by atoms with Crippen molar-refractivity contribution in [2.75, 3.05) is 29.5 Å². The lowest BCUT2D eigenvalue weighted by Crippen LogP contribution is -2.55. The van der Waals surface area contributed by atoms with Gasteiger partial charge in [-0.05, 0) is 30.7 Å². The van der Waals surface area contributed by atoms with E-state index < -0.39 is 61.1 Å². The number of benzene rings is 2. The number of carbonyl (C=O) groups is 5. The number of aliphatic hydroxyl groups is 1. The van der Waals surface area contributed by atoms with Gasteiger partial charge in [-0.2, -0.15) is 0 Å². The van der Waals surface area contributed by atoms with Crippen LogP contribution >= 0.6 is 0 Å². The molecule has 12 nitrogen and oxygen atoms in total. The van der Waals surface area contributed by atoms with E-state index in [2.05, 4.69) is 23.8 Å². The maximum atomic E-state index is 13.9.